The molecule has 0 aromatic heterocycles. The third kappa shape index (κ3) is 3.59. The number of para-hydroxylation sites is 1. The van der Waals surface area contributed by atoms with Crippen molar-refractivity contribution < 1.29 is 18.7 Å². The van der Waals surface area contributed by atoms with Gasteiger partial charge in [-0.25, -0.2) is 4.39 Å². The van der Waals surface area contributed by atoms with Crippen LogP contribution in [-0.4, -0.2) is 23.9 Å². The topological polar surface area (TPSA) is 38.8 Å². The number of carbonyl (C=O) groups excluding carboxylic acids is 1. The summed E-state index contributed by atoms with van der Waals surface area (Å²) < 4.78 is 25.2. The molecule has 1 fully saturated rings. The lowest BCUT2D eigenvalue weighted by atomic mass is 10.2. The number of benzene rings is 2. The van der Waals surface area contributed by atoms with Crippen LogP contribution in [0.25, 0.3) is 6.08 Å². The quantitative estimate of drug-likeness (QED) is 0.550. The van der Waals surface area contributed by atoms with Crippen LogP contribution < -0.4 is 14.4 Å². The third-order valence-electron chi connectivity index (χ3n) is 3.67. The van der Waals surface area contributed by atoms with Crippen molar-refractivity contribution in [2.45, 2.75) is 6.92 Å². The number of hydrogen-bond donors (Lipinski definition) is 0. The molecule has 0 aliphatic carbocycles. The first-order chi connectivity index (χ1) is 12.5. The van der Waals surface area contributed by atoms with Crippen molar-refractivity contribution >= 4 is 46.0 Å². The molecule has 0 N–H and O–H groups in total. The SMILES string of the molecule is CCOc1cc(/C=C2\SC(=S)N(c3ccccc3F)C2=O)ccc1OC. The van der Waals surface area contributed by atoms with E-state index in [2.05, 4.69) is 0 Å². The summed E-state index contributed by atoms with van der Waals surface area (Å²) in [4.78, 5) is 14.4. The summed E-state index contributed by atoms with van der Waals surface area (Å²) in [6, 6.07) is 11.4. The van der Waals surface area contributed by atoms with Gasteiger partial charge in [0.05, 0.1) is 24.3 Å². The van der Waals surface area contributed by atoms with E-state index in [1.54, 1.807) is 37.5 Å². The number of anilines is 1. The Balaban J connectivity index is 1.93. The van der Waals surface area contributed by atoms with Crippen LogP contribution in [0.15, 0.2) is 47.4 Å². The lowest BCUT2D eigenvalue weighted by Gasteiger charge is -2.14. The number of amides is 1. The summed E-state index contributed by atoms with van der Waals surface area (Å²) in [6.07, 6.45) is 1.71. The minimum Gasteiger partial charge on any atom is -0.493 e. The van der Waals surface area contributed by atoms with Gasteiger partial charge in [0.15, 0.2) is 15.8 Å². The zero-order valence-electron chi connectivity index (χ0n) is 14.2. The van der Waals surface area contributed by atoms with Crippen molar-refractivity contribution in [3.05, 3.63) is 58.8 Å². The zero-order valence-corrected chi connectivity index (χ0v) is 15.8. The first-order valence-electron chi connectivity index (χ1n) is 7.88. The number of ether oxygens (including phenoxy) is 2. The number of carbonyl (C=O) groups is 1. The Morgan fingerprint density at radius 3 is 2.69 bits per heavy atom. The molecule has 134 valence electrons. The van der Waals surface area contributed by atoms with Crippen molar-refractivity contribution in [3.63, 3.8) is 0 Å². The van der Waals surface area contributed by atoms with Crippen molar-refractivity contribution in [1.29, 1.82) is 0 Å². The van der Waals surface area contributed by atoms with E-state index in [9.17, 15) is 9.18 Å². The normalized spacial score (nSPS) is 15.7. The Morgan fingerprint density at radius 1 is 1.23 bits per heavy atom. The molecule has 2 aromatic carbocycles. The van der Waals surface area contributed by atoms with E-state index >= 15 is 0 Å². The van der Waals surface area contributed by atoms with Crippen LogP contribution in [0.5, 0.6) is 11.5 Å². The van der Waals surface area contributed by atoms with E-state index in [1.807, 2.05) is 13.0 Å². The average molecular weight is 389 g/mol. The highest BCUT2D eigenvalue weighted by atomic mass is 32.2. The molecule has 1 saturated heterocycles. The number of thioether (sulfide) groups is 1. The third-order valence-corrected chi connectivity index (χ3v) is 4.97. The van der Waals surface area contributed by atoms with Gasteiger partial charge in [-0.1, -0.05) is 42.2 Å². The number of nitrogens with zero attached hydrogens (tertiary/aromatic N) is 1. The van der Waals surface area contributed by atoms with Crippen molar-refractivity contribution in [1.82, 2.24) is 0 Å². The molecule has 26 heavy (non-hydrogen) atoms. The highest BCUT2D eigenvalue weighted by Gasteiger charge is 2.34. The van der Waals surface area contributed by atoms with Gasteiger partial charge in [-0.2, -0.15) is 0 Å². The minimum absolute atomic E-state index is 0.156. The van der Waals surface area contributed by atoms with Gasteiger partial charge >= 0.3 is 0 Å². The molecule has 1 aliphatic rings. The van der Waals surface area contributed by atoms with Crippen LogP contribution in [0.4, 0.5) is 10.1 Å². The molecule has 1 heterocycles. The highest BCUT2D eigenvalue weighted by molar-refractivity contribution is 8.27. The molecule has 2 aromatic rings. The van der Waals surface area contributed by atoms with Gasteiger partial charge in [0.2, 0.25) is 0 Å². The van der Waals surface area contributed by atoms with Gasteiger partial charge in [-0.3, -0.25) is 9.69 Å². The van der Waals surface area contributed by atoms with E-state index in [4.69, 9.17) is 21.7 Å². The second kappa shape index (κ2) is 7.88. The number of hydrogen-bond acceptors (Lipinski definition) is 5. The van der Waals surface area contributed by atoms with Crippen LogP contribution in [0.1, 0.15) is 12.5 Å². The van der Waals surface area contributed by atoms with Crippen LogP contribution in [-0.2, 0) is 4.79 Å². The number of thiocarbonyl (C=S) groups is 1. The van der Waals surface area contributed by atoms with Crippen molar-refractivity contribution in [2.75, 3.05) is 18.6 Å². The Hall–Kier alpha value is -2.38. The smallest absolute Gasteiger partial charge is 0.270 e. The second-order valence-corrected chi connectivity index (χ2v) is 6.99. The van der Waals surface area contributed by atoms with Crippen molar-refractivity contribution in [2.24, 2.45) is 0 Å². The molecule has 7 heteroatoms. The van der Waals surface area contributed by atoms with E-state index < -0.39 is 5.82 Å². The molecule has 0 spiro atoms. The molecule has 0 saturated carbocycles. The standard InChI is InChI=1S/C19H16FNO3S2/c1-3-24-16-10-12(8-9-15(16)23-2)11-17-18(22)21(19(25)26-17)14-7-5-4-6-13(14)20/h4-11H,3H2,1-2H3/b17-11-. The summed E-state index contributed by atoms with van der Waals surface area (Å²) in [5, 5.41) is 0. The van der Waals surface area contributed by atoms with Crippen LogP contribution in [0.2, 0.25) is 0 Å². The van der Waals surface area contributed by atoms with E-state index in [0.29, 0.717) is 27.3 Å². The van der Waals surface area contributed by atoms with Gasteiger partial charge in [-0.15, -0.1) is 0 Å². The van der Waals surface area contributed by atoms with Crippen molar-refractivity contribution in [3.8, 4) is 11.5 Å². The summed E-state index contributed by atoms with van der Waals surface area (Å²) in [5.41, 5.74) is 0.923. The number of methoxy groups -OCH3 is 1. The van der Waals surface area contributed by atoms with Gasteiger partial charge in [0.1, 0.15) is 5.82 Å². The first-order valence-corrected chi connectivity index (χ1v) is 9.11. The second-order valence-electron chi connectivity index (χ2n) is 5.31. The molecule has 0 atom stereocenters. The summed E-state index contributed by atoms with van der Waals surface area (Å²) in [6.45, 7) is 2.38. The Labute approximate surface area is 160 Å². The first kappa shape index (κ1) is 18.4. The molecule has 0 radical (unpaired) electrons. The molecule has 4 nitrogen and oxygen atoms in total. The Kier molecular flexibility index (Phi) is 5.58. The monoisotopic (exact) mass is 389 g/mol. The Bertz CT molecular complexity index is 898. The van der Waals surface area contributed by atoms with E-state index in [0.717, 1.165) is 17.3 Å². The largest absolute Gasteiger partial charge is 0.493 e. The van der Waals surface area contributed by atoms with Crippen LogP contribution in [0, 0.1) is 5.82 Å². The molecule has 0 unspecified atom stereocenters. The predicted molar refractivity (Wildman–Crippen MR) is 106 cm³/mol. The summed E-state index contributed by atoms with van der Waals surface area (Å²) in [5.74, 6) is 0.364. The lowest BCUT2D eigenvalue weighted by molar-refractivity contribution is -0.113. The minimum atomic E-state index is -0.492. The van der Waals surface area contributed by atoms with Gasteiger partial charge in [-0.05, 0) is 42.8 Å². The molecular formula is C19H16FNO3S2. The molecule has 3 rings (SSSR count). The average Bonchev–Trinajstić information content (AvgIpc) is 2.90. The van der Waals surface area contributed by atoms with Crippen LogP contribution >= 0.6 is 24.0 Å². The number of halogens is 1. The fraction of sp³-hybridized carbons (Fsp3) is 0.158. The fourth-order valence-corrected chi connectivity index (χ4v) is 3.80. The summed E-state index contributed by atoms with van der Waals surface area (Å²) >= 11 is 6.41. The van der Waals surface area contributed by atoms with Gasteiger partial charge in [0, 0.05) is 0 Å². The zero-order chi connectivity index (χ0) is 18.7. The number of rotatable bonds is 5. The van der Waals surface area contributed by atoms with Gasteiger partial charge < -0.3 is 9.47 Å². The maximum Gasteiger partial charge on any atom is 0.270 e. The Morgan fingerprint density at radius 2 is 2.00 bits per heavy atom. The predicted octanol–water partition coefficient (Wildman–Crippen LogP) is 4.64. The fourth-order valence-electron chi connectivity index (χ4n) is 2.51. The molecule has 1 aliphatic heterocycles. The highest BCUT2D eigenvalue weighted by Crippen LogP contribution is 2.38. The maximum atomic E-state index is 14.1. The van der Waals surface area contributed by atoms with E-state index in [-0.39, 0.29) is 11.6 Å². The molecule has 0 bridgehead atoms. The van der Waals surface area contributed by atoms with Crippen LogP contribution in [0.3, 0.4) is 0 Å². The molecule has 1 amide bonds. The van der Waals surface area contributed by atoms with Gasteiger partial charge in [0.25, 0.3) is 5.91 Å². The maximum absolute atomic E-state index is 14.1. The lowest BCUT2D eigenvalue weighted by Crippen LogP contribution is -2.28. The summed E-state index contributed by atoms with van der Waals surface area (Å²) in [7, 11) is 1.57. The van der Waals surface area contributed by atoms with E-state index in [1.165, 1.54) is 17.0 Å². The molecular weight excluding hydrogens is 373 g/mol.